The Balaban J connectivity index is 1.64. The third-order valence-electron chi connectivity index (χ3n) is 6.66. The minimum Gasteiger partial charge on any atom is -0.491 e. The van der Waals surface area contributed by atoms with Crippen LogP contribution in [0.5, 0.6) is 11.5 Å². The summed E-state index contributed by atoms with van der Waals surface area (Å²) in [5, 5.41) is 1.14. The van der Waals surface area contributed by atoms with Gasteiger partial charge < -0.3 is 14.2 Å². The summed E-state index contributed by atoms with van der Waals surface area (Å²) >= 11 is 13.6. The lowest BCUT2D eigenvalue weighted by Crippen LogP contribution is -2.40. The van der Waals surface area contributed by atoms with E-state index in [1.165, 1.54) is 15.9 Å². The van der Waals surface area contributed by atoms with Crippen molar-refractivity contribution in [2.45, 2.75) is 46.4 Å². The van der Waals surface area contributed by atoms with Crippen LogP contribution in [0.25, 0.3) is 6.08 Å². The van der Waals surface area contributed by atoms with E-state index < -0.39 is 12.0 Å². The molecule has 43 heavy (non-hydrogen) atoms. The van der Waals surface area contributed by atoms with Crippen molar-refractivity contribution in [3.8, 4) is 11.5 Å². The van der Waals surface area contributed by atoms with Gasteiger partial charge in [-0.05, 0) is 75.7 Å². The first-order valence-corrected chi connectivity index (χ1v) is 15.4. The first kappa shape index (κ1) is 30.6. The molecule has 7 nitrogen and oxygen atoms in total. The molecule has 0 saturated heterocycles. The van der Waals surface area contributed by atoms with Crippen molar-refractivity contribution in [2.24, 2.45) is 4.99 Å². The molecule has 0 aliphatic carbocycles. The van der Waals surface area contributed by atoms with E-state index in [0.717, 1.165) is 5.56 Å². The van der Waals surface area contributed by atoms with Gasteiger partial charge in [-0.25, -0.2) is 9.79 Å². The Bertz CT molecular complexity index is 1880. The van der Waals surface area contributed by atoms with E-state index in [0.29, 0.717) is 54.3 Å². The molecule has 10 heteroatoms. The molecule has 0 radical (unpaired) electrons. The van der Waals surface area contributed by atoms with Gasteiger partial charge in [0.2, 0.25) is 0 Å². The maximum absolute atomic E-state index is 14.2. The number of halogens is 2. The van der Waals surface area contributed by atoms with Crippen LogP contribution >= 0.6 is 34.5 Å². The predicted octanol–water partition coefficient (Wildman–Crippen LogP) is 6.47. The van der Waals surface area contributed by atoms with Crippen molar-refractivity contribution in [3.05, 3.63) is 124 Å². The molecule has 4 aromatic rings. The maximum atomic E-state index is 14.2. The molecular weight excluding hydrogens is 607 g/mol. The van der Waals surface area contributed by atoms with Crippen LogP contribution in [-0.4, -0.2) is 23.2 Å². The summed E-state index contributed by atoms with van der Waals surface area (Å²) in [6.45, 7) is 7.83. The normalized spacial score (nSPS) is 14.9. The number of hydrogen-bond donors (Lipinski definition) is 0. The lowest BCUT2D eigenvalue weighted by atomic mass is 9.95. The number of hydrogen-bond acceptors (Lipinski definition) is 7. The van der Waals surface area contributed by atoms with Gasteiger partial charge in [-0.15, -0.1) is 0 Å². The highest BCUT2D eigenvalue weighted by Crippen LogP contribution is 2.36. The SMILES string of the molecule is CCOC(=O)C1=C(C)N=c2s/c(=C\c3cc(Cl)ccc3OCc3ccc(Cl)cc3)c(=O)n2[C@H]1c1ccccc1OC(C)C. The second-order valence-corrected chi connectivity index (χ2v) is 12.0. The number of esters is 1. The molecule has 0 amide bonds. The van der Waals surface area contributed by atoms with Crippen LogP contribution in [-0.2, 0) is 16.1 Å². The first-order valence-electron chi connectivity index (χ1n) is 13.8. The van der Waals surface area contributed by atoms with Gasteiger partial charge in [0.1, 0.15) is 24.1 Å². The minimum absolute atomic E-state index is 0.123. The van der Waals surface area contributed by atoms with Crippen molar-refractivity contribution in [3.63, 3.8) is 0 Å². The zero-order valence-corrected chi connectivity index (χ0v) is 26.4. The monoisotopic (exact) mass is 636 g/mol. The van der Waals surface area contributed by atoms with Gasteiger partial charge in [0.05, 0.1) is 28.5 Å². The van der Waals surface area contributed by atoms with Gasteiger partial charge in [-0.2, -0.15) is 0 Å². The van der Waals surface area contributed by atoms with Crippen LogP contribution in [0.1, 0.15) is 50.4 Å². The van der Waals surface area contributed by atoms with Crippen molar-refractivity contribution in [2.75, 3.05) is 6.61 Å². The largest absolute Gasteiger partial charge is 0.491 e. The number of aromatic nitrogens is 1. The van der Waals surface area contributed by atoms with Gasteiger partial charge in [-0.1, -0.05) is 64.9 Å². The van der Waals surface area contributed by atoms with E-state index in [4.69, 9.17) is 37.4 Å². The highest BCUT2D eigenvalue weighted by Gasteiger charge is 2.35. The molecule has 0 spiro atoms. The third kappa shape index (κ3) is 6.72. The second-order valence-electron chi connectivity index (χ2n) is 10.1. The van der Waals surface area contributed by atoms with Crippen LogP contribution in [0, 0.1) is 0 Å². The molecule has 0 N–H and O–H groups in total. The number of para-hydroxylation sites is 1. The predicted molar refractivity (Wildman–Crippen MR) is 170 cm³/mol. The Morgan fingerprint density at radius 3 is 2.49 bits per heavy atom. The summed E-state index contributed by atoms with van der Waals surface area (Å²) in [6.07, 6.45) is 1.62. The van der Waals surface area contributed by atoms with E-state index >= 15 is 0 Å². The topological polar surface area (TPSA) is 79.1 Å². The summed E-state index contributed by atoms with van der Waals surface area (Å²) in [4.78, 5) is 32.6. The summed E-state index contributed by atoms with van der Waals surface area (Å²) < 4.78 is 19.6. The van der Waals surface area contributed by atoms with Crippen LogP contribution in [0.4, 0.5) is 0 Å². The van der Waals surface area contributed by atoms with E-state index in [1.54, 1.807) is 50.3 Å². The molecule has 222 valence electrons. The van der Waals surface area contributed by atoms with Gasteiger partial charge in [0, 0.05) is 21.2 Å². The molecule has 3 aromatic carbocycles. The number of carbonyl (C=O) groups is 1. The van der Waals surface area contributed by atoms with E-state index in [-0.39, 0.29) is 23.8 Å². The van der Waals surface area contributed by atoms with Gasteiger partial charge in [-0.3, -0.25) is 9.36 Å². The van der Waals surface area contributed by atoms with E-state index in [9.17, 15) is 9.59 Å². The molecule has 5 rings (SSSR count). The molecule has 0 bridgehead atoms. The summed E-state index contributed by atoms with van der Waals surface area (Å²) in [5.41, 5.74) is 2.68. The number of allylic oxidation sites excluding steroid dienone is 1. The first-order chi connectivity index (χ1) is 20.7. The fourth-order valence-electron chi connectivity index (χ4n) is 4.80. The molecule has 0 fully saturated rings. The van der Waals surface area contributed by atoms with Gasteiger partial charge >= 0.3 is 5.97 Å². The fourth-order valence-corrected chi connectivity index (χ4v) is 6.14. The van der Waals surface area contributed by atoms with Crippen molar-refractivity contribution < 1.29 is 19.0 Å². The number of nitrogens with zero attached hydrogens (tertiary/aromatic N) is 2. The Morgan fingerprint density at radius 1 is 1.05 bits per heavy atom. The van der Waals surface area contributed by atoms with Gasteiger partial charge in [0.15, 0.2) is 4.80 Å². The minimum atomic E-state index is -0.799. The zero-order chi connectivity index (χ0) is 30.7. The van der Waals surface area contributed by atoms with Crippen LogP contribution in [0.2, 0.25) is 10.0 Å². The number of carbonyl (C=O) groups excluding carboxylic acids is 1. The molecule has 0 saturated carbocycles. The number of rotatable bonds is 9. The Hall–Kier alpha value is -3.85. The van der Waals surface area contributed by atoms with E-state index in [1.807, 2.05) is 50.2 Å². The Morgan fingerprint density at radius 2 is 1.77 bits per heavy atom. The average Bonchev–Trinajstić information content (AvgIpc) is 3.27. The van der Waals surface area contributed by atoms with Gasteiger partial charge in [0.25, 0.3) is 5.56 Å². The molecule has 1 aliphatic heterocycles. The van der Waals surface area contributed by atoms with Crippen LogP contribution < -0.4 is 24.4 Å². The average molecular weight is 638 g/mol. The Labute approximate surface area is 263 Å². The molecular formula is C33H30Cl2N2O5S. The highest BCUT2D eigenvalue weighted by atomic mass is 35.5. The van der Waals surface area contributed by atoms with Crippen LogP contribution in [0.3, 0.4) is 0 Å². The standard InChI is InChI=1S/C33H30Cl2N2O5S/c1-5-40-32(39)29-20(4)36-33-37(30(29)25-8-6-7-9-27(25)42-19(2)3)31(38)28(43-33)17-22-16-24(35)14-15-26(22)41-18-21-10-12-23(34)13-11-21/h6-17,19,30H,5,18H2,1-4H3/b28-17-/t30-/m0/s1. The molecule has 1 atom stereocenters. The number of thiazole rings is 1. The van der Waals surface area contributed by atoms with Crippen LogP contribution in [0.15, 0.2) is 87.8 Å². The second kappa shape index (κ2) is 13.2. The van der Waals surface area contributed by atoms with E-state index in [2.05, 4.69) is 4.99 Å². The number of ether oxygens (including phenoxy) is 3. The lowest BCUT2D eigenvalue weighted by molar-refractivity contribution is -0.139. The van der Waals surface area contributed by atoms with Crippen molar-refractivity contribution >= 4 is 46.6 Å². The Kier molecular flexibility index (Phi) is 9.40. The van der Waals surface area contributed by atoms with Crippen molar-refractivity contribution in [1.29, 1.82) is 0 Å². The quantitative estimate of drug-likeness (QED) is 0.197. The zero-order valence-electron chi connectivity index (χ0n) is 24.1. The smallest absolute Gasteiger partial charge is 0.338 e. The summed E-state index contributed by atoms with van der Waals surface area (Å²) in [7, 11) is 0. The lowest BCUT2D eigenvalue weighted by Gasteiger charge is -2.26. The number of benzene rings is 3. The number of fused-ring (bicyclic) bond motifs is 1. The summed E-state index contributed by atoms with van der Waals surface area (Å²) in [5.74, 6) is 0.595. The third-order valence-corrected chi connectivity index (χ3v) is 8.13. The fraction of sp³-hybridized carbons (Fsp3) is 0.242. The van der Waals surface area contributed by atoms with Crippen molar-refractivity contribution in [1.82, 2.24) is 4.57 Å². The summed E-state index contributed by atoms with van der Waals surface area (Å²) in [6, 6.07) is 19.2. The molecule has 1 aromatic heterocycles. The highest BCUT2D eigenvalue weighted by molar-refractivity contribution is 7.07. The molecule has 1 aliphatic rings. The molecule has 2 heterocycles. The maximum Gasteiger partial charge on any atom is 0.338 e. The molecule has 0 unspecified atom stereocenters.